The molecule has 0 aliphatic carbocycles. The highest BCUT2D eigenvalue weighted by molar-refractivity contribution is 7.89. The first kappa shape index (κ1) is 12.9. The number of benzene rings is 1. The van der Waals surface area contributed by atoms with Crippen LogP contribution < -0.4 is 5.32 Å². The first-order chi connectivity index (χ1) is 7.42. The highest BCUT2D eigenvalue weighted by Gasteiger charge is 2.07. The standard InChI is InChI=1S/C11H15NO3S/c1-12-7-11(13)10-5-3-9(4-6-10)8-16(2,14)15/h3-6,12H,7-8H2,1-2H3. The molecule has 4 nitrogen and oxygen atoms in total. The van der Waals surface area contributed by atoms with Gasteiger partial charge in [0.2, 0.25) is 0 Å². The molecule has 5 heteroatoms. The van der Waals surface area contributed by atoms with E-state index in [1.54, 1.807) is 31.3 Å². The number of likely N-dealkylation sites (N-methyl/N-ethyl adjacent to an activating group) is 1. The highest BCUT2D eigenvalue weighted by atomic mass is 32.2. The fraction of sp³-hybridized carbons (Fsp3) is 0.364. The summed E-state index contributed by atoms with van der Waals surface area (Å²) in [5.41, 5.74) is 1.29. The molecule has 0 radical (unpaired) electrons. The highest BCUT2D eigenvalue weighted by Crippen LogP contribution is 2.08. The molecule has 0 unspecified atom stereocenters. The third kappa shape index (κ3) is 4.12. The maximum absolute atomic E-state index is 11.5. The van der Waals surface area contributed by atoms with Crippen molar-refractivity contribution in [3.8, 4) is 0 Å². The minimum atomic E-state index is -3.02. The lowest BCUT2D eigenvalue weighted by atomic mass is 10.1. The van der Waals surface area contributed by atoms with Crippen LogP contribution in [-0.4, -0.2) is 34.0 Å². The van der Waals surface area contributed by atoms with Crippen LogP contribution in [0.1, 0.15) is 15.9 Å². The molecule has 0 saturated heterocycles. The van der Waals surface area contributed by atoms with E-state index in [1.165, 1.54) is 6.26 Å². The monoisotopic (exact) mass is 241 g/mol. The Kier molecular flexibility index (Phi) is 4.20. The molecular formula is C11H15NO3S. The smallest absolute Gasteiger partial charge is 0.176 e. The van der Waals surface area contributed by atoms with E-state index < -0.39 is 9.84 Å². The van der Waals surface area contributed by atoms with Crippen molar-refractivity contribution < 1.29 is 13.2 Å². The number of nitrogens with one attached hydrogen (secondary N) is 1. The predicted octanol–water partition coefficient (Wildman–Crippen LogP) is 0.633. The van der Waals surface area contributed by atoms with Crippen molar-refractivity contribution in [2.45, 2.75) is 5.75 Å². The number of Topliss-reactive ketones (excluding diaryl/α,β-unsaturated/α-hetero) is 1. The molecule has 0 fully saturated rings. The molecule has 0 bridgehead atoms. The fourth-order valence-electron chi connectivity index (χ4n) is 1.35. The molecule has 1 N–H and O–H groups in total. The Balaban J connectivity index is 2.79. The van der Waals surface area contributed by atoms with Crippen molar-refractivity contribution in [2.75, 3.05) is 19.8 Å². The van der Waals surface area contributed by atoms with Crippen LogP contribution >= 0.6 is 0 Å². The molecule has 1 aromatic rings. The minimum absolute atomic E-state index is 0.00611. The van der Waals surface area contributed by atoms with E-state index in [2.05, 4.69) is 5.32 Å². The summed E-state index contributed by atoms with van der Waals surface area (Å²) in [5.74, 6) is 0.00133. The molecular weight excluding hydrogens is 226 g/mol. The largest absolute Gasteiger partial charge is 0.313 e. The van der Waals surface area contributed by atoms with Crippen molar-refractivity contribution in [2.24, 2.45) is 0 Å². The second-order valence-corrected chi connectivity index (χ2v) is 5.86. The van der Waals surface area contributed by atoms with Crippen LogP contribution in [-0.2, 0) is 15.6 Å². The first-order valence-electron chi connectivity index (χ1n) is 4.87. The minimum Gasteiger partial charge on any atom is -0.313 e. The topological polar surface area (TPSA) is 63.2 Å². The second kappa shape index (κ2) is 5.23. The van der Waals surface area contributed by atoms with E-state index in [1.807, 2.05) is 0 Å². The van der Waals surface area contributed by atoms with Gasteiger partial charge in [-0.3, -0.25) is 4.79 Å². The van der Waals surface area contributed by atoms with Crippen LogP contribution in [0.5, 0.6) is 0 Å². The summed E-state index contributed by atoms with van der Waals surface area (Å²) in [7, 11) is -1.31. The quantitative estimate of drug-likeness (QED) is 0.768. The van der Waals surface area contributed by atoms with Gasteiger partial charge < -0.3 is 5.32 Å². The Bertz CT molecular complexity index is 463. The van der Waals surface area contributed by atoms with Gasteiger partial charge in [-0.05, 0) is 12.6 Å². The zero-order chi connectivity index (χ0) is 12.2. The lowest BCUT2D eigenvalue weighted by Crippen LogP contribution is -2.18. The van der Waals surface area contributed by atoms with Crippen LogP contribution in [0.3, 0.4) is 0 Å². The Morgan fingerprint density at radius 2 is 1.81 bits per heavy atom. The SMILES string of the molecule is CNCC(=O)c1ccc(CS(C)(=O)=O)cc1. The van der Waals surface area contributed by atoms with Gasteiger partial charge in [-0.15, -0.1) is 0 Å². The number of hydrogen-bond donors (Lipinski definition) is 1. The van der Waals surface area contributed by atoms with Gasteiger partial charge in [-0.1, -0.05) is 24.3 Å². The maximum atomic E-state index is 11.5. The molecule has 0 aromatic heterocycles. The van der Waals surface area contributed by atoms with Crippen molar-refractivity contribution >= 4 is 15.6 Å². The van der Waals surface area contributed by atoms with Crippen LogP contribution in [0.2, 0.25) is 0 Å². The molecule has 0 atom stereocenters. The lowest BCUT2D eigenvalue weighted by Gasteiger charge is -2.02. The number of carbonyl (C=O) groups excluding carboxylic acids is 1. The molecule has 0 spiro atoms. The predicted molar refractivity (Wildman–Crippen MR) is 63.2 cm³/mol. The van der Waals surface area contributed by atoms with Gasteiger partial charge >= 0.3 is 0 Å². The van der Waals surface area contributed by atoms with E-state index in [0.717, 1.165) is 0 Å². The van der Waals surface area contributed by atoms with E-state index in [-0.39, 0.29) is 18.1 Å². The second-order valence-electron chi connectivity index (χ2n) is 3.72. The van der Waals surface area contributed by atoms with Gasteiger partial charge in [-0.2, -0.15) is 0 Å². The van der Waals surface area contributed by atoms with Gasteiger partial charge in [0, 0.05) is 11.8 Å². The van der Waals surface area contributed by atoms with E-state index >= 15 is 0 Å². The summed E-state index contributed by atoms with van der Waals surface area (Å²) < 4.78 is 22.1. The summed E-state index contributed by atoms with van der Waals surface area (Å²) >= 11 is 0. The molecule has 0 amide bonds. The normalized spacial score (nSPS) is 11.4. The van der Waals surface area contributed by atoms with E-state index in [9.17, 15) is 13.2 Å². The zero-order valence-corrected chi connectivity index (χ0v) is 10.2. The summed E-state index contributed by atoms with van der Waals surface area (Å²) in [5, 5.41) is 2.77. The molecule has 1 aromatic carbocycles. The molecule has 0 aliphatic rings. The number of carbonyl (C=O) groups is 1. The summed E-state index contributed by atoms with van der Waals surface area (Å²) in [4.78, 5) is 11.5. The molecule has 88 valence electrons. The van der Waals surface area contributed by atoms with E-state index in [4.69, 9.17) is 0 Å². The molecule has 1 rings (SSSR count). The third-order valence-corrected chi connectivity index (χ3v) is 2.90. The fourth-order valence-corrected chi connectivity index (χ4v) is 2.15. The molecule has 0 saturated carbocycles. The third-order valence-electron chi connectivity index (χ3n) is 2.04. The summed E-state index contributed by atoms with van der Waals surface area (Å²) in [6.07, 6.45) is 1.19. The zero-order valence-electron chi connectivity index (χ0n) is 9.36. The number of ketones is 1. The molecule has 0 aliphatic heterocycles. The number of hydrogen-bond acceptors (Lipinski definition) is 4. The Morgan fingerprint density at radius 3 is 2.25 bits per heavy atom. The van der Waals surface area contributed by atoms with Gasteiger partial charge in [0.25, 0.3) is 0 Å². The average Bonchev–Trinajstić information content (AvgIpc) is 2.16. The summed E-state index contributed by atoms with van der Waals surface area (Å²) in [6, 6.07) is 6.65. The number of rotatable bonds is 5. The maximum Gasteiger partial charge on any atom is 0.176 e. The van der Waals surface area contributed by atoms with Crippen LogP contribution in [0.15, 0.2) is 24.3 Å². The van der Waals surface area contributed by atoms with Gasteiger partial charge in [0.1, 0.15) is 0 Å². The van der Waals surface area contributed by atoms with Crippen molar-refractivity contribution in [1.82, 2.24) is 5.32 Å². The Morgan fingerprint density at radius 1 is 1.25 bits per heavy atom. The van der Waals surface area contributed by atoms with Crippen LogP contribution in [0.4, 0.5) is 0 Å². The summed E-state index contributed by atoms with van der Waals surface area (Å²) in [6.45, 7) is 0.283. The van der Waals surface area contributed by atoms with Crippen molar-refractivity contribution in [1.29, 1.82) is 0 Å². The Hall–Kier alpha value is -1.20. The van der Waals surface area contributed by atoms with E-state index in [0.29, 0.717) is 11.1 Å². The van der Waals surface area contributed by atoms with Gasteiger partial charge in [0.15, 0.2) is 15.6 Å². The molecule has 0 heterocycles. The van der Waals surface area contributed by atoms with Crippen LogP contribution in [0, 0.1) is 0 Å². The first-order valence-corrected chi connectivity index (χ1v) is 6.93. The van der Waals surface area contributed by atoms with Gasteiger partial charge in [0.05, 0.1) is 12.3 Å². The lowest BCUT2D eigenvalue weighted by molar-refractivity contribution is 0.0993. The average molecular weight is 241 g/mol. The van der Waals surface area contributed by atoms with Gasteiger partial charge in [-0.25, -0.2) is 8.42 Å². The Labute approximate surface area is 95.6 Å². The molecule has 16 heavy (non-hydrogen) atoms. The van der Waals surface area contributed by atoms with Crippen molar-refractivity contribution in [3.05, 3.63) is 35.4 Å². The van der Waals surface area contributed by atoms with Crippen LogP contribution in [0.25, 0.3) is 0 Å². The number of sulfone groups is 1. The van der Waals surface area contributed by atoms with Crippen molar-refractivity contribution in [3.63, 3.8) is 0 Å².